The summed E-state index contributed by atoms with van der Waals surface area (Å²) in [5.41, 5.74) is 0.574. The van der Waals surface area contributed by atoms with Crippen molar-refractivity contribution in [2.24, 2.45) is 0 Å². The van der Waals surface area contributed by atoms with E-state index in [1.54, 1.807) is 43.9 Å². The summed E-state index contributed by atoms with van der Waals surface area (Å²) in [6, 6.07) is 5.38. The van der Waals surface area contributed by atoms with E-state index in [-0.39, 0.29) is 5.95 Å². The molecule has 3 aromatic heterocycles. The Morgan fingerprint density at radius 3 is 2.45 bits per heavy atom. The minimum atomic E-state index is -3.84. The molecule has 0 fully saturated rings. The highest BCUT2D eigenvalue weighted by Gasteiger charge is 2.31. The fourth-order valence-corrected chi connectivity index (χ4v) is 4.07. The molecule has 11 nitrogen and oxygen atoms in total. The molecule has 1 N–H and O–H groups in total. The third-order valence-corrected chi connectivity index (χ3v) is 6.74. The number of methoxy groups -OCH3 is 2. The predicted octanol–water partition coefficient (Wildman–Crippen LogP) is 1.72. The van der Waals surface area contributed by atoms with Gasteiger partial charge < -0.3 is 9.47 Å². The van der Waals surface area contributed by atoms with Crippen LogP contribution in [0.2, 0.25) is 0 Å². The van der Waals surface area contributed by atoms with Crippen LogP contribution in [0.25, 0.3) is 11.5 Å². The van der Waals surface area contributed by atoms with Crippen molar-refractivity contribution in [3.63, 3.8) is 0 Å². The standard InChI is InChI=1S/C19H25N7O4S/c1-13(17-21-11-15(30-4)12-22-17)14(2)31(27,28)25-19-24-23-18(26(19)9-10-29-3)16-7-5-6-8-20-16/h5-8,11-14H,9-10H2,1-4H3,(H,24,25)/t13-,14-/m0/s1. The summed E-state index contributed by atoms with van der Waals surface area (Å²) in [5, 5.41) is 7.34. The molecule has 31 heavy (non-hydrogen) atoms. The highest BCUT2D eigenvalue weighted by atomic mass is 32.2. The maximum Gasteiger partial charge on any atom is 0.238 e. The summed E-state index contributed by atoms with van der Waals surface area (Å²) in [7, 11) is -0.764. The second kappa shape index (κ2) is 9.79. The molecule has 0 amide bonds. The predicted molar refractivity (Wildman–Crippen MR) is 114 cm³/mol. The second-order valence-corrected chi connectivity index (χ2v) is 8.87. The van der Waals surface area contributed by atoms with Gasteiger partial charge in [0.25, 0.3) is 0 Å². The topological polar surface area (TPSA) is 134 Å². The minimum Gasteiger partial charge on any atom is -0.494 e. The SMILES string of the molecule is COCCn1c(NS(=O)(=O)[C@@H](C)[C@H](C)c2ncc(OC)cn2)nnc1-c1ccccn1. The molecule has 3 aromatic rings. The van der Waals surface area contributed by atoms with Crippen LogP contribution in [0.15, 0.2) is 36.8 Å². The lowest BCUT2D eigenvalue weighted by molar-refractivity contribution is 0.188. The lowest BCUT2D eigenvalue weighted by Crippen LogP contribution is -2.31. The number of anilines is 1. The number of ether oxygens (including phenoxy) is 2. The van der Waals surface area contributed by atoms with Gasteiger partial charge in [0, 0.05) is 19.2 Å². The highest BCUT2D eigenvalue weighted by molar-refractivity contribution is 7.93. The van der Waals surface area contributed by atoms with Crippen molar-refractivity contribution >= 4 is 16.0 Å². The Morgan fingerprint density at radius 1 is 1.10 bits per heavy atom. The minimum absolute atomic E-state index is 0.0902. The summed E-state index contributed by atoms with van der Waals surface area (Å²) in [5.74, 6) is 0.947. The van der Waals surface area contributed by atoms with Crippen LogP contribution in [-0.4, -0.2) is 64.2 Å². The smallest absolute Gasteiger partial charge is 0.238 e. The van der Waals surface area contributed by atoms with Crippen molar-refractivity contribution in [2.45, 2.75) is 31.6 Å². The zero-order valence-electron chi connectivity index (χ0n) is 17.8. The summed E-state index contributed by atoms with van der Waals surface area (Å²) in [4.78, 5) is 12.7. The second-order valence-electron chi connectivity index (χ2n) is 6.83. The number of nitrogens with one attached hydrogen (secondary N) is 1. The average molecular weight is 448 g/mol. The third-order valence-electron chi connectivity index (χ3n) is 4.88. The Labute approximate surface area is 180 Å². The lowest BCUT2D eigenvalue weighted by Gasteiger charge is -2.20. The molecule has 0 aliphatic carbocycles. The molecule has 0 radical (unpaired) electrons. The van der Waals surface area contributed by atoms with Crippen molar-refractivity contribution in [3.05, 3.63) is 42.6 Å². The van der Waals surface area contributed by atoms with E-state index in [0.717, 1.165) is 0 Å². The zero-order valence-corrected chi connectivity index (χ0v) is 18.6. The van der Waals surface area contributed by atoms with Crippen LogP contribution in [0.1, 0.15) is 25.6 Å². The summed E-state index contributed by atoms with van der Waals surface area (Å²) < 4.78 is 40.6. The van der Waals surface area contributed by atoms with Gasteiger partial charge in [-0.25, -0.2) is 18.4 Å². The van der Waals surface area contributed by atoms with Crippen molar-refractivity contribution in [3.8, 4) is 17.3 Å². The van der Waals surface area contributed by atoms with E-state index in [1.807, 2.05) is 6.07 Å². The molecule has 12 heteroatoms. The molecular weight excluding hydrogens is 422 g/mol. The van der Waals surface area contributed by atoms with E-state index in [0.29, 0.717) is 36.2 Å². The Morgan fingerprint density at radius 2 is 1.84 bits per heavy atom. The first-order valence-corrected chi connectivity index (χ1v) is 11.1. The molecule has 3 rings (SSSR count). The summed E-state index contributed by atoms with van der Waals surface area (Å²) >= 11 is 0. The van der Waals surface area contributed by atoms with E-state index < -0.39 is 21.2 Å². The van der Waals surface area contributed by atoms with Crippen LogP contribution in [0.4, 0.5) is 5.95 Å². The van der Waals surface area contributed by atoms with Gasteiger partial charge in [-0.2, -0.15) is 0 Å². The first kappa shape index (κ1) is 22.6. The van der Waals surface area contributed by atoms with Crippen molar-refractivity contribution < 1.29 is 17.9 Å². The number of hydrogen-bond donors (Lipinski definition) is 1. The third kappa shape index (κ3) is 5.14. The number of hydrogen-bond acceptors (Lipinski definition) is 9. The maximum atomic E-state index is 13.1. The number of rotatable bonds is 10. The number of pyridine rings is 1. The van der Waals surface area contributed by atoms with Gasteiger partial charge in [0.05, 0.1) is 37.9 Å². The average Bonchev–Trinajstić information content (AvgIpc) is 3.18. The Kier molecular flexibility index (Phi) is 7.13. The van der Waals surface area contributed by atoms with Crippen LogP contribution in [0.5, 0.6) is 5.75 Å². The molecule has 2 atom stereocenters. The Hall–Kier alpha value is -3.12. The molecule has 0 aliphatic rings. The lowest BCUT2D eigenvalue weighted by atomic mass is 10.1. The Balaban J connectivity index is 1.86. The van der Waals surface area contributed by atoms with Gasteiger partial charge in [0.1, 0.15) is 11.5 Å². The molecule has 166 valence electrons. The molecule has 0 bridgehead atoms. The van der Waals surface area contributed by atoms with E-state index >= 15 is 0 Å². The van der Waals surface area contributed by atoms with E-state index in [4.69, 9.17) is 9.47 Å². The van der Waals surface area contributed by atoms with Gasteiger partial charge in [0.15, 0.2) is 11.6 Å². The monoisotopic (exact) mass is 447 g/mol. The molecule has 0 saturated carbocycles. The number of aromatic nitrogens is 6. The van der Waals surface area contributed by atoms with Crippen molar-refractivity contribution in [1.82, 2.24) is 29.7 Å². The molecular formula is C19H25N7O4S. The van der Waals surface area contributed by atoms with E-state index in [9.17, 15) is 8.42 Å². The quantitative estimate of drug-likeness (QED) is 0.493. The van der Waals surface area contributed by atoms with Gasteiger partial charge in [0.2, 0.25) is 16.0 Å². The van der Waals surface area contributed by atoms with Crippen LogP contribution in [0, 0.1) is 0 Å². The van der Waals surface area contributed by atoms with Crippen LogP contribution in [0.3, 0.4) is 0 Å². The molecule has 0 saturated heterocycles. The molecule has 0 spiro atoms. The molecule has 0 unspecified atom stereocenters. The molecule has 0 aromatic carbocycles. The Bertz CT molecular complexity index is 1090. The van der Waals surface area contributed by atoms with Crippen molar-refractivity contribution in [1.29, 1.82) is 0 Å². The van der Waals surface area contributed by atoms with Gasteiger partial charge in [-0.1, -0.05) is 13.0 Å². The van der Waals surface area contributed by atoms with Crippen LogP contribution >= 0.6 is 0 Å². The fourth-order valence-electron chi connectivity index (χ4n) is 2.82. The first-order chi connectivity index (χ1) is 14.9. The highest BCUT2D eigenvalue weighted by Crippen LogP contribution is 2.25. The van der Waals surface area contributed by atoms with Gasteiger partial charge in [-0.05, 0) is 19.1 Å². The van der Waals surface area contributed by atoms with Gasteiger partial charge >= 0.3 is 0 Å². The maximum absolute atomic E-state index is 13.1. The summed E-state index contributed by atoms with van der Waals surface area (Å²) in [6.07, 6.45) is 4.64. The molecule has 0 aliphatic heterocycles. The summed E-state index contributed by atoms with van der Waals surface area (Å²) in [6.45, 7) is 4.04. The first-order valence-electron chi connectivity index (χ1n) is 9.58. The van der Waals surface area contributed by atoms with Gasteiger partial charge in [-0.3, -0.25) is 14.3 Å². The normalized spacial score (nSPS) is 13.5. The molecule has 3 heterocycles. The van der Waals surface area contributed by atoms with E-state index in [1.165, 1.54) is 19.5 Å². The van der Waals surface area contributed by atoms with Crippen molar-refractivity contribution in [2.75, 3.05) is 25.5 Å². The largest absolute Gasteiger partial charge is 0.494 e. The fraction of sp³-hybridized carbons (Fsp3) is 0.421. The van der Waals surface area contributed by atoms with E-state index in [2.05, 4.69) is 29.9 Å². The van der Waals surface area contributed by atoms with Crippen LogP contribution in [-0.2, 0) is 21.3 Å². The van der Waals surface area contributed by atoms with Gasteiger partial charge in [-0.15, -0.1) is 10.2 Å². The zero-order chi connectivity index (χ0) is 22.4. The number of sulfonamides is 1. The van der Waals surface area contributed by atoms with Crippen LogP contribution < -0.4 is 9.46 Å². The number of nitrogens with zero attached hydrogens (tertiary/aromatic N) is 6.